The number of hydrogen-bond acceptors (Lipinski definition) is 5. The van der Waals surface area contributed by atoms with Gasteiger partial charge in [-0.25, -0.2) is 9.50 Å². The summed E-state index contributed by atoms with van der Waals surface area (Å²) in [6, 6.07) is 1.56. The van der Waals surface area contributed by atoms with Gasteiger partial charge in [-0.1, -0.05) is 0 Å². The molecule has 164 valence electrons. The first-order valence-electron chi connectivity index (χ1n) is 9.58. The number of nitrogens with zero attached hydrogens (tertiary/aromatic N) is 6. The summed E-state index contributed by atoms with van der Waals surface area (Å²) >= 11 is 0. The van der Waals surface area contributed by atoms with E-state index in [0.29, 0.717) is 36.0 Å². The van der Waals surface area contributed by atoms with Crippen LogP contribution < -0.4 is 4.74 Å². The van der Waals surface area contributed by atoms with Crippen LogP contribution in [0.2, 0.25) is 0 Å². The van der Waals surface area contributed by atoms with Crippen molar-refractivity contribution in [1.82, 2.24) is 29.3 Å². The summed E-state index contributed by atoms with van der Waals surface area (Å²) in [5.41, 5.74) is 1.53. The maximum absolute atomic E-state index is 12.3. The zero-order valence-electron chi connectivity index (χ0n) is 17.2. The first-order valence-corrected chi connectivity index (χ1v) is 9.58. The van der Waals surface area contributed by atoms with Gasteiger partial charge in [0, 0.05) is 56.9 Å². The van der Waals surface area contributed by atoms with Crippen LogP contribution in [0, 0.1) is 0 Å². The van der Waals surface area contributed by atoms with Crippen LogP contribution in [-0.2, 0) is 11.8 Å². The van der Waals surface area contributed by atoms with Gasteiger partial charge in [0.15, 0.2) is 0 Å². The zero-order valence-corrected chi connectivity index (χ0v) is 17.2. The number of aromatic nitrogens is 5. The van der Waals surface area contributed by atoms with E-state index in [1.54, 1.807) is 33.9 Å². The van der Waals surface area contributed by atoms with Crippen molar-refractivity contribution in [2.24, 2.45) is 7.05 Å². The van der Waals surface area contributed by atoms with Crippen molar-refractivity contribution in [3.63, 3.8) is 0 Å². The number of likely N-dealkylation sites (N-methyl/N-ethyl adjacent to an activating group) is 1. The van der Waals surface area contributed by atoms with Gasteiger partial charge in [0.2, 0.25) is 11.8 Å². The highest BCUT2D eigenvalue weighted by atomic mass is 19.4. The molecule has 1 aliphatic carbocycles. The third-order valence-corrected chi connectivity index (χ3v) is 5.34. The minimum absolute atomic E-state index is 0.0512. The number of carbonyl (C=O) groups excluding carboxylic acids is 1. The van der Waals surface area contributed by atoms with Crippen molar-refractivity contribution >= 4 is 11.4 Å². The summed E-state index contributed by atoms with van der Waals surface area (Å²) in [7, 11) is 3.30. The second-order valence-electron chi connectivity index (χ2n) is 7.93. The number of halogens is 3. The van der Waals surface area contributed by atoms with Crippen molar-refractivity contribution in [3.05, 3.63) is 43.0 Å². The second kappa shape index (κ2) is 7.40. The van der Waals surface area contributed by atoms with Crippen LogP contribution in [0.1, 0.15) is 19.8 Å². The molecule has 3 aromatic heterocycles. The van der Waals surface area contributed by atoms with E-state index in [-0.39, 0.29) is 12.1 Å². The number of hydrogen-bond donors (Lipinski definition) is 0. The fraction of sp³-hybridized carbons (Fsp3) is 0.400. The maximum atomic E-state index is 12.3. The highest BCUT2D eigenvalue weighted by Crippen LogP contribution is 2.40. The molecule has 1 amide bonds. The van der Waals surface area contributed by atoms with Gasteiger partial charge in [-0.05, 0) is 13.0 Å². The molecule has 0 N–H and O–H groups in total. The minimum Gasteiger partial charge on any atom is -0.470 e. The molecule has 0 aromatic carbocycles. The molecule has 1 fully saturated rings. The van der Waals surface area contributed by atoms with Gasteiger partial charge >= 0.3 is 6.18 Å². The molecule has 11 heteroatoms. The molecule has 0 bridgehead atoms. The van der Waals surface area contributed by atoms with Crippen LogP contribution in [0.4, 0.5) is 13.2 Å². The third-order valence-electron chi connectivity index (χ3n) is 5.34. The predicted molar refractivity (Wildman–Crippen MR) is 105 cm³/mol. The van der Waals surface area contributed by atoms with E-state index in [2.05, 4.69) is 15.2 Å². The average Bonchev–Trinajstić information content (AvgIpc) is 3.31. The molecule has 0 atom stereocenters. The summed E-state index contributed by atoms with van der Waals surface area (Å²) in [4.78, 5) is 17.9. The largest absolute Gasteiger partial charge is 0.470 e. The molecule has 3 heterocycles. The lowest BCUT2D eigenvalue weighted by atomic mass is 9.76. The Kier molecular flexibility index (Phi) is 4.98. The third kappa shape index (κ3) is 4.39. The topological polar surface area (TPSA) is 77.6 Å². The monoisotopic (exact) mass is 434 g/mol. The van der Waals surface area contributed by atoms with Crippen LogP contribution in [0.25, 0.3) is 16.8 Å². The molecular formula is C20H21F3N6O2. The lowest BCUT2D eigenvalue weighted by Crippen LogP contribution is -2.56. The summed E-state index contributed by atoms with van der Waals surface area (Å²) < 4.78 is 46.5. The number of ether oxygens (including phenoxy) is 1. The van der Waals surface area contributed by atoms with Crippen LogP contribution in [0.5, 0.6) is 5.88 Å². The quantitative estimate of drug-likeness (QED) is 0.577. The number of amides is 1. The Bertz CT molecular complexity index is 1140. The van der Waals surface area contributed by atoms with E-state index in [1.165, 1.54) is 11.9 Å². The molecule has 0 radical (unpaired) electrons. The number of fused-ring (bicyclic) bond motifs is 1. The van der Waals surface area contributed by atoms with Crippen molar-refractivity contribution in [1.29, 1.82) is 0 Å². The van der Waals surface area contributed by atoms with Gasteiger partial charge in [-0.3, -0.25) is 9.48 Å². The number of carbonyl (C=O) groups is 1. The Morgan fingerprint density at radius 3 is 2.71 bits per heavy atom. The van der Waals surface area contributed by atoms with Crippen LogP contribution in [0.15, 0.2) is 43.0 Å². The Labute approximate surface area is 175 Å². The summed E-state index contributed by atoms with van der Waals surface area (Å²) in [5, 5.41) is 8.43. The molecule has 0 aliphatic heterocycles. The van der Waals surface area contributed by atoms with Crippen LogP contribution >= 0.6 is 0 Å². The van der Waals surface area contributed by atoms with E-state index < -0.39 is 17.7 Å². The first kappa shape index (κ1) is 20.9. The lowest BCUT2D eigenvalue weighted by molar-refractivity contribution is -0.134. The average molecular weight is 434 g/mol. The number of allylic oxidation sites excluding steroid dienone is 1. The van der Waals surface area contributed by atoms with Gasteiger partial charge in [-0.2, -0.15) is 23.4 Å². The van der Waals surface area contributed by atoms with E-state index in [4.69, 9.17) is 4.74 Å². The van der Waals surface area contributed by atoms with Gasteiger partial charge in [0.1, 0.15) is 11.1 Å². The van der Waals surface area contributed by atoms with Crippen molar-refractivity contribution in [2.45, 2.75) is 37.6 Å². The summed E-state index contributed by atoms with van der Waals surface area (Å²) in [6.07, 6.45) is 3.86. The normalized spacial score (nSPS) is 21.4. The number of alkyl halides is 3. The summed E-state index contributed by atoms with van der Waals surface area (Å²) in [5.74, 6) is -0.301. The van der Waals surface area contributed by atoms with E-state index in [9.17, 15) is 18.0 Å². The molecule has 3 aromatic rings. The highest BCUT2D eigenvalue weighted by Gasteiger charge is 2.46. The Morgan fingerprint density at radius 1 is 1.32 bits per heavy atom. The number of rotatable bonds is 5. The molecule has 4 rings (SSSR count). The van der Waals surface area contributed by atoms with Gasteiger partial charge in [0.05, 0.1) is 24.3 Å². The van der Waals surface area contributed by atoms with Gasteiger partial charge in [-0.15, -0.1) is 0 Å². The van der Waals surface area contributed by atoms with Crippen molar-refractivity contribution in [2.75, 3.05) is 7.05 Å². The number of aryl methyl sites for hydroxylation is 1. The molecule has 1 aliphatic rings. The second-order valence-corrected chi connectivity index (χ2v) is 7.93. The Balaban J connectivity index is 1.49. The lowest BCUT2D eigenvalue weighted by Gasteiger charge is -2.48. The Morgan fingerprint density at radius 2 is 2.06 bits per heavy atom. The standard InChI is InChI=1S/C20H21F3N6O2/c1-19(8-14(9-19)28(3)17(30)4-6-20(21,22)23)31-18-16-5-7-24-29(16)12-15(26-18)13-10-25-27(2)11-13/h4-7,10-12,14H,8-9H2,1-3H3/b6-4+. The van der Waals surface area contributed by atoms with Crippen molar-refractivity contribution in [3.8, 4) is 17.1 Å². The molecule has 0 unspecified atom stereocenters. The molecule has 8 nitrogen and oxygen atoms in total. The van der Waals surface area contributed by atoms with Crippen LogP contribution in [0.3, 0.4) is 0 Å². The molecule has 1 saturated carbocycles. The first-order chi connectivity index (χ1) is 14.5. The van der Waals surface area contributed by atoms with E-state index in [0.717, 1.165) is 5.56 Å². The fourth-order valence-electron chi connectivity index (χ4n) is 3.66. The predicted octanol–water partition coefficient (Wildman–Crippen LogP) is 3.01. The maximum Gasteiger partial charge on any atom is 0.409 e. The Hall–Kier alpha value is -3.37. The van der Waals surface area contributed by atoms with Crippen LogP contribution in [-0.4, -0.2) is 60.1 Å². The molecular weight excluding hydrogens is 413 g/mol. The van der Waals surface area contributed by atoms with E-state index >= 15 is 0 Å². The van der Waals surface area contributed by atoms with Gasteiger partial charge < -0.3 is 9.64 Å². The molecule has 31 heavy (non-hydrogen) atoms. The van der Waals surface area contributed by atoms with Crippen molar-refractivity contribution < 1.29 is 22.7 Å². The molecule has 0 saturated heterocycles. The molecule has 0 spiro atoms. The highest BCUT2D eigenvalue weighted by molar-refractivity contribution is 5.87. The fourth-order valence-corrected chi connectivity index (χ4v) is 3.66. The minimum atomic E-state index is -4.52. The zero-order chi connectivity index (χ0) is 22.4. The smallest absolute Gasteiger partial charge is 0.409 e. The van der Waals surface area contributed by atoms with E-state index in [1.807, 2.05) is 20.2 Å². The van der Waals surface area contributed by atoms with Gasteiger partial charge in [0.25, 0.3) is 0 Å². The summed E-state index contributed by atoms with van der Waals surface area (Å²) in [6.45, 7) is 1.89. The SMILES string of the molecule is CN(C(=O)/C=C/C(F)(F)F)C1CC(C)(Oc2nc(-c3cnn(C)c3)cn3nccc23)C1.